The van der Waals surface area contributed by atoms with Crippen molar-refractivity contribution in [2.24, 2.45) is 5.41 Å². The summed E-state index contributed by atoms with van der Waals surface area (Å²) in [6.07, 6.45) is 10.2. The van der Waals surface area contributed by atoms with Crippen molar-refractivity contribution in [3.8, 4) is 0 Å². The van der Waals surface area contributed by atoms with E-state index in [1.54, 1.807) is 6.33 Å². The van der Waals surface area contributed by atoms with Crippen LogP contribution >= 0.6 is 0 Å². The molecule has 1 atom stereocenters. The zero-order valence-corrected chi connectivity index (χ0v) is 13.3. The second-order valence-corrected chi connectivity index (χ2v) is 7.02. The average molecular weight is 309 g/mol. The summed E-state index contributed by atoms with van der Waals surface area (Å²) in [5, 5.41) is 3.19. The summed E-state index contributed by atoms with van der Waals surface area (Å²) in [5.74, 6) is 0.213. The molecule has 4 nitrogen and oxygen atoms in total. The van der Waals surface area contributed by atoms with E-state index < -0.39 is 0 Å². The van der Waals surface area contributed by atoms with Crippen molar-refractivity contribution in [1.29, 1.82) is 0 Å². The van der Waals surface area contributed by atoms with Crippen LogP contribution in [0, 0.1) is 5.41 Å². The number of hydrogen-bond acceptors (Lipinski definition) is 2. The number of aromatic nitrogens is 2. The lowest BCUT2D eigenvalue weighted by Gasteiger charge is -2.22. The molecule has 2 aromatic rings. The molecule has 2 fully saturated rings. The molecule has 1 aromatic carbocycles. The van der Waals surface area contributed by atoms with Crippen LogP contribution < -0.4 is 5.32 Å². The van der Waals surface area contributed by atoms with Gasteiger partial charge in [-0.3, -0.25) is 4.79 Å². The number of carbonyl (C=O) groups excluding carboxylic acids is 1. The summed E-state index contributed by atoms with van der Waals surface area (Å²) in [6.45, 7) is 0.658. The van der Waals surface area contributed by atoms with Gasteiger partial charge in [-0.2, -0.15) is 0 Å². The van der Waals surface area contributed by atoms with E-state index in [1.807, 2.05) is 12.3 Å². The molecule has 2 N–H and O–H groups in total. The Morgan fingerprint density at radius 3 is 2.70 bits per heavy atom. The molecule has 0 radical (unpaired) electrons. The van der Waals surface area contributed by atoms with Gasteiger partial charge in [0, 0.05) is 24.9 Å². The molecule has 4 rings (SSSR count). The zero-order chi connectivity index (χ0) is 15.8. The fourth-order valence-corrected chi connectivity index (χ4v) is 4.58. The lowest BCUT2D eigenvalue weighted by Crippen LogP contribution is -2.39. The number of rotatable bonds is 5. The first-order valence-electron chi connectivity index (χ1n) is 8.58. The summed E-state index contributed by atoms with van der Waals surface area (Å²) in [5.41, 5.74) is 2.18. The van der Waals surface area contributed by atoms with Crippen molar-refractivity contribution in [1.82, 2.24) is 15.3 Å². The Hall–Kier alpha value is -2.10. The van der Waals surface area contributed by atoms with E-state index in [-0.39, 0.29) is 16.7 Å². The molecule has 0 saturated heterocycles. The minimum absolute atomic E-state index is 0.213. The highest BCUT2D eigenvalue weighted by molar-refractivity contribution is 5.93. The van der Waals surface area contributed by atoms with Crippen LogP contribution in [-0.4, -0.2) is 22.4 Å². The predicted octanol–water partition coefficient (Wildman–Crippen LogP) is 2.97. The Labute approximate surface area is 136 Å². The van der Waals surface area contributed by atoms with Gasteiger partial charge in [0.25, 0.3) is 0 Å². The van der Waals surface area contributed by atoms with Crippen LogP contribution in [-0.2, 0) is 16.6 Å². The summed E-state index contributed by atoms with van der Waals surface area (Å²) in [7, 11) is 0. The number of hydrogen-bond donors (Lipinski definition) is 2. The Balaban J connectivity index is 1.51. The fourth-order valence-electron chi connectivity index (χ4n) is 4.58. The van der Waals surface area contributed by atoms with Gasteiger partial charge in [-0.25, -0.2) is 4.98 Å². The van der Waals surface area contributed by atoms with Crippen molar-refractivity contribution in [3.05, 3.63) is 54.1 Å². The monoisotopic (exact) mass is 309 g/mol. The first-order valence-corrected chi connectivity index (χ1v) is 8.58. The quantitative estimate of drug-likeness (QED) is 0.892. The van der Waals surface area contributed by atoms with Crippen molar-refractivity contribution < 1.29 is 4.79 Å². The average Bonchev–Trinajstić information content (AvgIpc) is 2.93. The smallest absolute Gasteiger partial charge is 0.231 e. The summed E-state index contributed by atoms with van der Waals surface area (Å²) in [4.78, 5) is 20.2. The molecule has 1 spiro atoms. The van der Waals surface area contributed by atoms with Crippen LogP contribution in [0.1, 0.15) is 43.4 Å². The molecule has 120 valence electrons. The van der Waals surface area contributed by atoms with E-state index in [2.05, 4.69) is 39.6 Å². The second-order valence-electron chi connectivity index (χ2n) is 7.02. The maximum atomic E-state index is 13.1. The second kappa shape index (κ2) is 5.52. The van der Waals surface area contributed by atoms with Gasteiger partial charge in [0.1, 0.15) is 0 Å². The van der Waals surface area contributed by atoms with Gasteiger partial charge >= 0.3 is 0 Å². The van der Waals surface area contributed by atoms with Gasteiger partial charge in [0.05, 0.1) is 11.7 Å². The maximum Gasteiger partial charge on any atom is 0.231 e. The molecule has 2 saturated carbocycles. The van der Waals surface area contributed by atoms with Gasteiger partial charge in [-0.05, 0) is 30.2 Å². The molecule has 0 unspecified atom stereocenters. The summed E-state index contributed by atoms with van der Waals surface area (Å²) in [6, 6.07) is 10.4. The lowest BCUT2D eigenvalue weighted by molar-refractivity contribution is -0.124. The van der Waals surface area contributed by atoms with Crippen LogP contribution in [0.5, 0.6) is 0 Å². The zero-order valence-electron chi connectivity index (χ0n) is 13.3. The molecule has 1 amide bonds. The van der Waals surface area contributed by atoms with E-state index in [4.69, 9.17) is 0 Å². The number of aromatic amines is 1. The van der Waals surface area contributed by atoms with Crippen LogP contribution in [0.4, 0.5) is 0 Å². The SMILES string of the molecule is O=C(NCCc1cnc[nH]1)[C@]1(c2ccccc2)CC12CCCC2. The number of nitrogens with zero attached hydrogens (tertiary/aromatic N) is 1. The highest BCUT2D eigenvalue weighted by Gasteiger charge is 2.72. The van der Waals surface area contributed by atoms with Gasteiger partial charge in [-0.15, -0.1) is 0 Å². The van der Waals surface area contributed by atoms with E-state index in [9.17, 15) is 4.79 Å². The van der Waals surface area contributed by atoms with E-state index in [0.29, 0.717) is 6.54 Å². The summed E-state index contributed by atoms with van der Waals surface area (Å²) >= 11 is 0. The highest BCUT2D eigenvalue weighted by atomic mass is 16.2. The molecule has 1 aromatic heterocycles. The highest BCUT2D eigenvalue weighted by Crippen LogP contribution is 2.72. The van der Waals surface area contributed by atoms with Gasteiger partial charge in [-0.1, -0.05) is 43.2 Å². The van der Waals surface area contributed by atoms with E-state index in [1.165, 1.54) is 31.2 Å². The Morgan fingerprint density at radius 1 is 1.22 bits per heavy atom. The third-order valence-electron chi connectivity index (χ3n) is 5.83. The molecule has 0 aliphatic heterocycles. The van der Waals surface area contributed by atoms with Gasteiger partial charge in [0.15, 0.2) is 0 Å². The number of benzene rings is 1. The third kappa shape index (κ3) is 2.28. The van der Waals surface area contributed by atoms with Crippen LogP contribution in [0.2, 0.25) is 0 Å². The van der Waals surface area contributed by atoms with Crippen molar-refractivity contribution in [2.75, 3.05) is 6.54 Å². The summed E-state index contributed by atoms with van der Waals surface area (Å²) < 4.78 is 0. The lowest BCUT2D eigenvalue weighted by atomic mass is 9.84. The number of H-pyrrole nitrogens is 1. The molecular weight excluding hydrogens is 286 g/mol. The Kier molecular flexibility index (Phi) is 3.47. The maximum absolute atomic E-state index is 13.1. The molecule has 1 heterocycles. The minimum Gasteiger partial charge on any atom is -0.355 e. The molecule has 2 aliphatic rings. The first kappa shape index (κ1) is 14.5. The van der Waals surface area contributed by atoms with Crippen molar-refractivity contribution in [3.63, 3.8) is 0 Å². The van der Waals surface area contributed by atoms with Crippen molar-refractivity contribution in [2.45, 2.75) is 43.9 Å². The van der Waals surface area contributed by atoms with Crippen LogP contribution in [0.15, 0.2) is 42.9 Å². The Morgan fingerprint density at radius 2 is 2.00 bits per heavy atom. The standard InChI is InChI=1S/C19H23N3O/c23-17(21-11-8-16-12-20-14-22-16)19(15-6-2-1-3-7-15)13-18(19)9-4-5-10-18/h1-3,6-7,12,14H,4-5,8-11,13H2,(H,20,22)(H,21,23)/t19-/m1/s1. The normalized spacial score (nSPS) is 24.7. The fraction of sp³-hybridized carbons (Fsp3) is 0.474. The van der Waals surface area contributed by atoms with E-state index >= 15 is 0 Å². The minimum atomic E-state index is -0.293. The number of nitrogens with one attached hydrogen (secondary N) is 2. The molecule has 23 heavy (non-hydrogen) atoms. The Bertz CT molecular complexity index is 674. The van der Waals surface area contributed by atoms with E-state index in [0.717, 1.165) is 18.5 Å². The molecule has 2 aliphatic carbocycles. The first-order chi connectivity index (χ1) is 11.3. The molecular formula is C19H23N3O. The molecule has 0 bridgehead atoms. The van der Waals surface area contributed by atoms with Crippen LogP contribution in [0.3, 0.4) is 0 Å². The predicted molar refractivity (Wildman–Crippen MR) is 88.9 cm³/mol. The molecule has 4 heteroatoms. The number of carbonyl (C=O) groups is 1. The number of imidazole rings is 1. The third-order valence-corrected chi connectivity index (χ3v) is 5.83. The number of amides is 1. The van der Waals surface area contributed by atoms with Gasteiger partial charge in [0.2, 0.25) is 5.91 Å². The van der Waals surface area contributed by atoms with Gasteiger partial charge < -0.3 is 10.3 Å². The van der Waals surface area contributed by atoms with Crippen molar-refractivity contribution >= 4 is 5.91 Å². The van der Waals surface area contributed by atoms with Crippen LogP contribution in [0.25, 0.3) is 0 Å². The largest absolute Gasteiger partial charge is 0.355 e. The topological polar surface area (TPSA) is 57.8 Å².